The Bertz CT molecular complexity index is 3760. The summed E-state index contributed by atoms with van der Waals surface area (Å²) >= 11 is 0. The third kappa shape index (κ3) is 3.29. The summed E-state index contributed by atoms with van der Waals surface area (Å²) in [4.78, 5) is 0. The zero-order valence-electron chi connectivity index (χ0n) is 30.7. The average Bonchev–Trinajstić information content (AvgIpc) is 4.02. The number of nitrogens with zero attached hydrogens (tertiary/aromatic N) is 2. The van der Waals surface area contributed by atoms with Crippen LogP contribution in [0, 0.1) is 0 Å². The number of fused-ring (bicyclic) bond motifs is 20. The highest BCUT2D eigenvalue weighted by atomic mass is 16.3. The third-order valence-corrected chi connectivity index (χ3v) is 13.3. The van der Waals surface area contributed by atoms with Crippen LogP contribution in [0.25, 0.3) is 104 Å². The quantitative estimate of drug-likeness (QED) is 0.159. The molecule has 0 fully saturated rings. The van der Waals surface area contributed by atoms with Gasteiger partial charge in [0.15, 0.2) is 0 Å². The summed E-state index contributed by atoms with van der Waals surface area (Å²) in [5, 5.41) is 9.24. The predicted octanol–water partition coefficient (Wildman–Crippen LogP) is 12.0. The molecule has 0 atom stereocenters. The monoisotopic (exact) mass is 714 g/mol. The van der Waals surface area contributed by atoms with Gasteiger partial charge in [-0.1, -0.05) is 129 Å². The fraction of sp³-hybridized carbons (Fsp3) is 0.0588. The van der Waals surface area contributed by atoms with Gasteiger partial charge in [-0.3, -0.25) is 0 Å². The summed E-state index contributed by atoms with van der Waals surface area (Å²) in [7, 11) is 0. The van der Waals surface area contributed by atoms with Gasteiger partial charge < -0.3 is 17.9 Å². The lowest BCUT2D eigenvalue weighted by Crippen LogP contribution is -2.53. The smallest absolute Gasteiger partial charge is 0.332 e. The van der Waals surface area contributed by atoms with E-state index in [-0.39, 0.29) is 12.3 Å². The van der Waals surface area contributed by atoms with Crippen molar-refractivity contribution < 1.29 is 8.83 Å². The van der Waals surface area contributed by atoms with Gasteiger partial charge in [-0.15, -0.1) is 0 Å². The lowest BCUT2D eigenvalue weighted by Gasteiger charge is -2.30. The van der Waals surface area contributed by atoms with Gasteiger partial charge >= 0.3 is 6.85 Å². The van der Waals surface area contributed by atoms with E-state index in [0.29, 0.717) is 0 Å². The minimum atomic E-state index is -0.201. The molecular formula is C51H31BN2O2. The second-order valence-electron chi connectivity index (χ2n) is 16.3. The summed E-state index contributed by atoms with van der Waals surface area (Å²) in [6.45, 7) is 4.68. The molecule has 0 saturated heterocycles. The van der Waals surface area contributed by atoms with Gasteiger partial charge in [-0.2, -0.15) is 0 Å². The molecule has 0 amide bonds. The zero-order valence-corrected chi connectivity index (χ0v) is 30.7. The maximum Gasteiger partial charge on any atom is 0.332 e. The molecular weight excluding hydrogens is 683 g/mol. The van der Waals surface area contributed by atoms with Crippen molar-refractivity contribution in [1.29, 1.82) is 0 Å². The Morgan fingerprint density at radius 2 is 1.14 bits per heavy atom. The van der Waals surface area contributed by atoms with Gasteiger partial charge in [-0.25, -0.2) is 0 Å². The maximum atomic E-state index is 6.95. The molecule has 0 bridgehead atoms. The van der Waals surface area contributed by atoms with E-state index in [1.165, 1.54) is 66.2 Å². The Morgan fingerprint density at radius 3 is 1.98 bits per heavy atom. The molecule has 0 spiro atoms. The van der Waals surface area contributed by atoms with E-state index in [1.807, 2.05) is 0 Å². The Morgan fingerprint density at radius 1 is 0.482 bits per heavy atom. The number of hydrogen-bond acceptors (Lipinski definition) is 2. The number of para-hydroxylation sites is 4. The van der Waals surface area contributed by atoms with Gasteiger partial charge in [0.2, 0.25) is 0 Å². The number of benzene rings is 8. The zero-order chi connectivity index (χ0) is 36.6. The maximum absolute atomic E-state index is 6.95. The largest absolute Gasteiger partial charge is 0.455 e. The molecule has 14 rings (SSSR count). The Kier molecular flexibility index (Phi) is 5.15. The van der Waals surface area contributed by atoms with Crippen LogP contribution in [0.15, 0.2) is 160 Å². The van der Waals surface area contributed by atoms with Gasteiger partial charge in [0, 0.05) is 54.5 Å². The molecule has 0 saturated carbocycles. The minimum absolute atomic E-state index is 0.136. The molecule has 5 heteroatoms. The molecule has 0 unspecified atom stereocenters. The van der Waals surface area contributed by atoms with E-state index in [2.05, 4.69) is 175 Å². The lowest BCUT2D eigenvalue weighted by molar-refractivity contribution is 0.664. The predicted molar refractivity (Wildman–Crippen MR) is 233 cm³/mol. The second-order valence-corrected chi connectivity index (χ2v) is 16.3. The third-order valence-electron chi connectivity index (χ3n) is 13.3. The molecule has 0 N–H and O–H groups in total. The molecule has 2 aliphatic rings. The van der Waals surface area contributed by atoms with E-state index in [0.717, 1.165) is 60.2 Å². The Hall–Kier alpha value is -6.98. The molecule has 260 valence electrons. The van der Waals surface area contributed by atoms with Crippen LogP contribution >= 0.6 is 0 Å². The van der Waals surface area contributed by atoms with Crippen molar-refractivity contribution in [2.45, 2.75) is 19.3 Å². The lowest BCUT2D eigenvalue weighted by atomic mass is 9.48. The number of hydrogen-bond donors (Lipinski definition) is 0. The summed E-state index contributed by atoms with van der Waals surface area (Å²) in [5.74, 6) is 0. The van der Waals surface area contributed by atoms with Crippen LogP contribution in [0.4, 0.5) is 0 Å². The van der Waals surface area contributed by atoms with Crippen molar-refractivity contribution in [2.75, 3.05) is 0 Å². The van der Waals surface area contributed by atoms with E-state index < -0.39 is 0 Å². The first kappa shape index (κ1) is 29.4. The second kappa shape index (κ2) is 9.81. The van der Waals surface area contributed by atoms with E-state index >= 15 is 0 Å². The highest BCUT2D eigenvalue weighted by Gasteiger charge is 2.42. The van der Waals surface area contributed by atoms with Crippen LogP contribution in [0.5, 0.6) is 0 Å². The Balaban J connectivity index is 1.23. The van der Waals surface area contributed by atoms with E-state index in [1.54, 1.807) is 0 Å². The number of rotatable bonds is 1. The fourth-order valence-electron chi connectivity index (χ4n) is 11.1. The van der Waals surface area contributed by atoms with E-state index in [9.17, 15) is 0 Å². The first-order valence-corrected chi connectivity index (χ1v) is 19.6. The van der Waals surface area contributed by atoms with Gasteiger partial charge in [-0.05, 0) is 69.6 Å². The minimum Gasteiger partial charge on any atom is -0.455 e. The molecule has 0 radical (unpaired) electrons. The highest BCUT2D eigenvalue weighted by molar-refractivity contribution is 6.88. The number of aromatic nitrogens is 2. The SMILES string of the molecule is CC1(C)c2ccccc2-c2ccc3c4ccccc4n(B4c5ccccc5-n5c6ccc7c8ccccc8oc7c6c6c7oc8ccccc8c7cc4c65)c3c21. The molecule has 1 aliphatic heterocycles. The van der Waals surface area contributed by atoms with Crippen LogP contribution in [-0.4, -0.2) is 15.9 Å². The van der Waals surface area contributed by atoms with Crippen LogP contribution in [0.3, 0.4) is 0 Å². The molecule has 56 heavy (non-hydrogen) atoms. The standard InChI is InChI=1S/C51H31BN2O2/c1-51(2)36-17-7-3-13-28(36)32-23-24-33-29-14-4-9-19-39(29)54(47(33)46(32)51)52-37-18-8-10-20-40(37)53-41-26-25-34-30-15-5-11-21-42(30)55-49(34)44(41)45-48(53)38(52)27-35-31-16-6-12-22-43(31)56-50(35)45/h3-27H,1-2H3. The van der Waals surface area contributed by atoms with Crippen molar-refractivity contribution in [3.8, 4) is 16.8 Å². The summed E-state index contributed by atoms with van der Waals surface area (Å²) < 4.78 is 19.0. The average molecular weight is 715 g/mol. The van der Waals surface area contributed by atoms with Crippen molar-refractivity contribution >= 4 is 105 Å². The van der Waals surface area contributed by atoms with Crippen LogP contribution in [-0.2, 0) is 5.41 Å². The Labute approximate surface area is 320 Å². The first-order chi connectivity index (χ1) is 27.6. The summed E-state index contributed by atoms with van der Waals surface area (Å²) in [6, 6.07) is 55.7. The number of furan rings is 2. The van der Waals surface area contributed by atoms with Gasteiger partial charge in [0.1, 0.15) is 22.3 Å². The van der Waals surface area contributed by atoms with Crippen molar-refractivity contribution in [3.63, 3.8) is 0 Å². The van der Waals surface area contributed by atoms with Crippen LogP contribution in [0.1, 0.15) is 25.0 Å². The van der Waals surface area contributed by atoms with Crippen molar-refractivity contribution in [3.05, 3.63) is 163 Å². The van der Waals surface area contributed by atoms with Gasteiger partial charge in [0.05, 0.1) is 21.8 Å². The summed E-state index contributed by atoms with van der Waals surface area (Å²) in [5.41, 5.74) is 17.3. The highest BCUT2D eigenvalue weighted by Crippen LogP contribution is 2.53. The first-order valence-electron chi connectivity index (χ1n) is 19.6. The van der Waals surface area contributed by atoms with Crippen molar-refractivity contribution in [2.24, 2.45) is 0 Å². The van der Waals surface area contributed by atoms with E-state index in [4.69, 9.17) is 8.83 Å². The molecule has 12 aromatic rings. The van der Waals surface area contributed by atoms with Gasteiger partial charge in [0.25, 0.3) is 0 Å². The topological polar surface area (TPSA) is 36.1 Å². The van der Waals surface area contributed by atoms with Crippen molar-refractivity contribution in [1.82, 2.24) is 9.05 Å². The van der Waals surface area contributed by atoms with Crippen LogP contribution < -0.4 is 10.9 Å². The fourth-order valence-corrected chi connectivity index (χ4v) is 11.1. The molecule has 5 heterocycles. The molecule has 4 nitrogen and oxygen atoms in total. The molecule has 1 aliphatic carbocycles. The normalized spacial score (nSPS) is 14.4. The summed E-state index contributed by atoms with van der Waals surface area (Å²) in [6.07, 6.45) is 0. The molecule has 8 aromatic carbocycles. The van der Waals surface area contributed by atoms with Crippen LogP contribution in [0.2, 0.25) is 0 Å². The molecule has 4 aromatic heterocycles.